The summed E-state index contributed by atoms with van der Waals surface area (Å²) in [4.78, 5) is 4.07. The van der Waals surface area contributed by atoms with Crippen LogP contribution in [-0.2, 0) is 0 Å². The maximum absolute atomic E-state index is 14.0. The van der Waals surface area contributed by atoms with Crippen LogP contribution in [0.2, 0.25) is 0 Å². The van der Waals surface area contributed by atoms with Gasteiger partial charge in [0.05, 0.1) is 12.3 Å². The fraction of sp³-hybridized carbons (Fsp3) is 0.542. The summed E-state index contributed by atoms with van der Waals surface area (Å²) in [6, 6.07) is 12.1. The van der Waals surface area contributed by atoms with Gasteiger partial charge in [0.2, 0.25) is 0 Å². The summed E-state index contributed by atoms with van der Waals surface area (Å²) < 4.78 is 19.3. The van der Waals surface area contributed by atoms with Crippen molar-refractivity contribution >= 4 is 0 Å². The molecule has 27 heavy (non-hydrogen) atoms. The van der Waals surface area contributed by atoms with E-state index < -0.39 is 5.95 Å². The van der Waals surface area contributed by atoms with Crippen LogP contribution in [0, 0.1) is 17.8 Å². The third-order valence-corrected chi connectivity index (χ3v) is 6.63. The number of hydrogen-bond acceptors (Lipinski definition) is 2. The van der Waals surface area contributed by atoms with Crippen LogP contribution in [0.1, 0.15) is 69.8 Å². The van der Waals surface area contributed by atoms with E-state index in [2.05, 4.69) is 29.2 Å². The molecule has 2 fully saturated rings. The third kappa shape index (κ3) is 4.17. The van der Waals surface area contributed by atoms with E-state index >= 15 is 0 Å². The van der Waals surface area contributed by atoms with Gasteiger partial charge in [-0.25, -0.2) is 4.98 Å². The first-order chi connectivity index (χ1) is 13.2. The van der Waals surface area contributed by atoms with E-state index in [1.807, 2.05) is 13.0 Å². The highest BCUT2D eigenvalue weighted by molar-refractivity contribution is 5.60. The number of aromatic nitrogens is 1. The summed E-state index contributed by atoms with van der Waals surface area (Å²) in [6.07, 6.45) is 11.3. The van der Waals surface area contributed by atoms with Gasteiger partial charge >= 0.3 is 0 Å². The molecule has 0 bridgehead atoms. The molecule has 144 valence electrons. The standard InChI is InChI=1S/C24H30FNO/c1-2-27-23-16-15-22(26-24(23)25)21-13-11-20(12-14-21)19-9-7-18(8-10-19)17-5-3-4-6-17/h11-19H,2-10H2,1H3. The van der Waals surface area contributed by atoms with Gasteiger partial charge in [-0.05, 0) is 68.1 Å². The van der Waals surface area contributed by atoms with E-state index in [-0.39, 0.29) is 5.75 Å². The fourth-order valence-electron chi connectivity index (χ4n) is 5.12. The largest absolute Gasteiger partial charge is 0.489 e. The van der Waals surface area contributed by atoms with Crippen molar-refractivity contribution in [2.24, 2.45) is 11.8 Å². The van der Waals surface area contributed by atoms with Gasteiger partial charge in [0.1, 0.15) is 0 Å². The van der Waals surface area contributed by atoms with Crippen LogP contribution in [0.15, 0.2) is 36.4 Å². The average Bonchev–Trinajstić information content (AvgIpc) is 3.25. The second kappa shape index (κ2) is 8.41. The molecule has 0 amide bonds. The number of rotatable bonds is 5. The van der Waals surface area contributed by atoms with Gasteiger partial charge in [0.15, 0.2) is 5.75 Å². The molecule has 0 N–H and O–H groups in total. The molecule has 0 spiro atoms. The van der Waals surface area contributed by atoms with Gasteiger partial charge in [0, 0.05) is 5.56 Å². The topological polar surface area (TPSA) is 22.1 Å². The van der Waals surface area contributed by atoms with Crippen LogP contribution in [0.3, 0.4) is 0 Å². The van der Waals surface area contributed by atoms with E-state index in [9.17, 15) is 4.39 Å². The van der Waals surface area contributed by atoms with Crippen LogP contribution in [0.5, 0.6) is 5.75 Å². The Balaban J connectivity index is 1.40. The molecule has 2 aliphatic carbocycles. The van der Waals surface area contributed by atoms with E-state index in [1.54, 1.807) is 6.07 Å². The lowest BCUT2D eigenvalue weighted by Gasteiger charge is -2.32. The SMILES string of the molecule is CCOc1ccc(-c2ccc(C3CCC(C4CCCC4)CC3)cc2)nc1F. The highest BCUT2D eigenvalue weighted by atomic mass is 19.1. The summed E-state index contributed by atoms with van der Waals surface area (Å²) in [5, 5.41) is 0. The summed E-state index contributed by atoms with van der Waals surface area (Å²) in [6.45, 7) is 2.28. The van der Waals surface area contributed by atoms with Crippen molar-refractivity contribution in [3.05, 3.63) is 47.9 Å². The zero-order valence-corrected chi connectivity index (χ0v) is 16.3. The van der Waals surface area contributed by atoms with Crippen molar-refractivity contribution in [1.29, 1.82) is 0 Å². The van der Waals surface area contributed by atoms with Crippen molar-refractivity contribution in [3.63, 3.8) is 0 Å². The molecular weight excluding hydrogens is 337 g/mol. The maximum atomic E-state index is 14.0. The average molecular weight is 368 g/mol. The Kier molecular flexibility index (Phi) is 5.75. The van der Waals surface area contributed by atoms with Crippen LogP contribution in [0.4, 0.5) is 4.39 Å². The van der Waals surface area contributed by atoms with Crippen molar-refractivity contribution < 1.29 is 9.13 Å². The van der Waals surface area contributed by atoms with E-state index in [1.165, 1.54) is 56.9 Å². The van der Waals surface area contributed by atoms with Gasteiger partial charge in [-0.2, -0.15) is 4.39 Å². The molecule has 1 aromatic heterocycles. The minimum atomic E-state index is -0.538. The molecule has 2 aromatic rings. The molecule has 2 saturated carbocycles. The fourth-order valence-corrected chi connectivity index (χ4v) is 5.12. The van der Waals surface area contributed by atoms with Crippen LogP contribution in [0.25, 0.3) is 11.3 Å². The minimum absolute atomic E-state index is 0.219. The highest BCUT2D eigenvalue weighted by Gasteiger charge is 2.29. The molecule has 1 heterocycles. The van der Waals surface area contributed by atoms with Gasteiger partial charge in [0.25, 0.3) is 5.95 Å². The molecule has 0 radical (unpaired) electrons. The summed E-state index contributed by atoms with van der Waals surface area (Å²) >= 11 is 0. The monoisotopic (exact) mass is 367 g/mol. The number of pyridine rings is 1. The summed E-state index contributed by atoms with van der Waals surface area (Å²) in [5.74, 6) is 2.34. The smallest absolute Gasteiger partial charge is 0.255 e. The Hall–Kier alpha value is -1.90. The molecule has 1 aromatic carbocycles. The normalized spacial score (nSPS) is 23.5. The number of benzene rings is 1. The minimum Gasteiger partial charge on any atom is -0.489 e. The van der Waals surface area contributed by atoms with Gasteiger partial charge in [-0.1, -0.05) is 49.9 Å². The molecule has 4 rings (SSSR count). The zero-order chi connectivity index (χ0) is 18.6. The molecule has 3 heteroatoms. The first-order valence-corrected chi connectivity index (χ1v) is 10.6. The molecule has 0 saturated heterocycles. The zero-order valence-electron chi connectivity index (χ0n) is 16.3. The van der Waals surface area contributed by atoms with Crippen molar-refractivity contribution in [2.45, 2.75) is 64.2 Å². The lowest BCUT2D eigenvalue weighted by Crippen LogP contribution is -2.19. The second-order valence-electron chi connectivity index (χ2n) is 8.20. The van der Waals surface area contributed by atoms with E-state index in [0.717, 1.165) is 17.4 Å². The number of ether oxygens (including phenoxy) is 1. The number of halogens is 1. The Bertz CT molecular complexity index is 743. The third-order valence-electron chi connectivity index (χ3n) is 6.63. The Morgan fingerprint density at radius 2 is 1.56 bits per heavy atom. The molecule has 2 nitrogen and oxygen atoms in total. The predicted octanol–water partition coefficient (Wildman–Crippen LogP) is 6.75. The van der Waals surface area contributed by atoms with Gasteiger partial charge in [-0.15, -0.1) is 0 Å². The summed E-state index contributed by atoms with van der Waals surface area (Å²) in [7, 11) is 0. The molecule has 0 unspecified atom stereocenters. The van der Waals surface area contributed by atoms with Crippen LogP contribution < -0.4 is 4.74 Å². The van der Waals surface area contributed by atoms with Crippen LogP contribution in [-0.4, -0.2) is 11.6 Å². The van der Waals surface area contributed by atoms with Gasteiger partial charge in [-0.3, -0.25) is 0 Å². The molecule has 0 aliphatic heterocycles. The lowest BCUT2D eigenvalue weighted by atomic mass is 9.73. The predicted molar refractivity (Wildman–Crippen MR) is 107 cm³/mol. The maximum Gasteiger partial charge on any atom is 0.255 e. The molecular formula is C24H30FNO. The Morgan fingerprint density at radius 3 is 2.19 bits per heavy atom. The Morgan fingerprint density at radius 1 is 0.889 bits per heavy atom. The van der Waals surface area contributed by atoms with Crippen molar-refractivity contribution in [1.82, 2.24) is 4.98 Å². The quantitative estimate of drug-likeness (QED) is 0.545. The van der Waals surface area contributed by atoms with Crippen LogP contribution >= 0.6 is 0 Å². The second-order valence-corrected chi connectivity index (χ2v) is 8.20. The molecule has 2 aliphatic rings. The molecule has 0 atom stereocenters. The van der Waals surface area contributed by atoms with Gasteiger partial charge < -0.3 is 4.74 Å². The van der Waals surface area contributed by atoms with Crippen molar-refractivity contribution in [3.8, 4) is 17.0 Å². The van der Waals surface area contributed by atoms with E-state index in [4.69, 9.17) is 4.74 Å². The number of hydrogen-bond donors (Lipinski definition) is 0. The Labute approximate surface area is 162 Å². The lowest BCUT2D eigenvalue weighted by molar-refractivity contribution is 0.235. The van der Waals surface area contributed by atoms with Crippen molar-refractivity contribution in [2.75, 3.05) is 6.61 Å². The first kappa shape index (κ1) is 18.5. The highest BCUT2D eigenvalue weighted by Crippen LogP contribution is 2.43. The first-order valence-electron chi connectivity index (χ1n) is 10.6. The number of nitrogens with zero attached hydrogens (tertiary/aromatic N) is 1. The summed E-state index contributed by atoms with van der Waals surface area (Å²) in [5.41, 5.74) is 3.04. The van der Waals surface area contributed by atoms with E-state index in [0.29, 0.717) is 18.2 Å².